The summed E-state index contributed by atoms with van der Waals surface area (Å²) >= 11 is 0. The van der Waals surface area contributed by atoms with Gasteiger partial charge in [-0.05, 0) is 49.2 Å². The highest BCUT2D eigenvalue weighted by molar-refractivity contribution is 5.94. The molecule has 32 heavy (non-hydrogen) atoms. The van der Waals surface area contributed by atoms with Crippen molar-refractivity contribution in [3.05, 3.63) is 95.6 Å². The molecular formula is C26H26FN3O2. The number of carbonyl (C=O) groups excluding carboxylic acids is 1. The maximum atomic E-state index is 13.8. The van der Waals surface area contributed by atoms with Crippen molar-refractivity contribution in [2.24, 2.45) is 0 Å². The standard InChI is InChI=1S/C26H26FN3O2/c1-19-9-2-7-14-24(19)32-18-17-30-23-13-6-5-12-22(23)29-25(30)15-8-16-28-26(31)20-10-3-4-11-21(20)27/h2-7,9-14H,8,15-18H2,1H3,(H,28,31). The van der Waals surface area contributed by atoms with Gasteiger partial charge in [-0.3, -0.25) is 4.79 Å². The average molecular weight is 432 g/mol. The van der Waals surface area contributed by atoms with Crippen molar-refractivity contribution in [1.29, 1.82) is 0 Å². The highest BCUT2D eigenvalue weighted by Crippen LogP contribution is 2.19. The summed E-state index contributed by atoms with van der Waals surface area (Å²) in [5, 5.41) is 2.79. The van der Waals surface area contributed by atoms with Gasteiger partial charge in [-0.25, -0.2) is 9.37 Å². The summed E-state index contributed by atoms with van der Waals surface area (Å²) in [5.74, 6) is 0.915. The number of nitrogens with zero attached hydrogens (tertiary/aromatic N) is 2. The highest BCUT2D eigenvalue weighted by atomic mass is 19.1. The maximum Gasteiger partial charge on any atom is 0.254 e. The third-order valence-electron chi connectivity index (χ3n) is 5.38. The normalized spacial score (nSPS) is 10.9. The maximum absolute atomic E-state index is 13.8. The molecule has 5 nitrogen and oxygen atoms in total. The van der Waals surface area contributed by atoms with E-state index >= 15 is 0 Å². The van der Waals surface area contributed by atoms with Crippen molar-refractivity contribution < 1.29 is 13.9 Å². The molecule has 1 aromatic heterocycles. The van der Waals surface area contributed by atoms with Crippen LogP contribution < -0.4 is 10.1 Å². The van der Waals surface area contributed by atoms with Crippen molar-refractivity contribution in [3.63, 3.8) is 0 Å². The fourth-order valence-electron chi connectivity index (χ4n) is 3.72. The quantitative estimate of drug-likeness (QED) is 0.383. The van der Waals surface area contributed by atoms with Crippen LogP contribution in [0.3, 0.4) is 0 Å². The second-order valence-corrected chi connectivity index (χ2v) is 7.62. The summed E-state index contributed by atoms with van der Waals surface area (Å²) in [6.45, 7) is 3.67. The fourth-order valence-corrected chi connectivity index (χ4v) is 3.72. The summed E-state index contributed by atoms with van der Waals surface area (Å²) in [5.41, 5.74) is 3.17. The number of imidazole rings is 1. The van der Waals surface area contributed by atoms with Gasteiger partial charge in [0.15, 0.2) is 0 Å². The van der Waals surface area contributed by atoms with Gasteiger partial charge < -0.3 is 14.6 Å². The molecule has 3 aromatic carbocycles. The number of nitrogens with one attached hydrogen (secondary N) is 1. The number of aromatic nitrogens is 2. The molecule has 164 valence electrons. The number of carbonyl (C=O) groups is 1. The van der Waals surface area contributed by atoms with Crippen LogP contribution in [-0.2, 0) is 13.0 Å². The van der Waals surface area contributed by atoms with E-state index in [2.05, 4.69) is 16.0 Å². The fraction of sp³-hybridized carbons (Fsp3) is 0.231. The lowest BCUT2D eigenvalue weighted by Gasteiger charge is -2.12. The van der Waals surface area contributed by atoms with Crippen LogP contribution in [0.4, 0.5) is 4.39 Å². The monoisotopic (exact) mass is 431 g/mol. The Bertz CT molecular complexity index is 1220. The Morgan fingerprint density at radius 1 is 1.03 bits per heavy atom. The van der Waals surface area contributed by atoms with Crippen molar-refractivity contribution >= 4 is 16.9 Å². The molecule has 1 amide bonds. The van der Waals surface area contributed by atoms with Gasteiger partial charge in [0.1, 0.15) is 24.0 Å². The molecule has 6 heteroatoms. The van der Waals surface area contributed by atoms with Gasteiger partial charge in [0.25, 0.3) is 5.91 Å². The lowest BCUT2D eigenvalue weighted by atomic mass is 10.2. The van der Waals surface area contributed by atoms with Crippen molar-refractivity contribution in [2.45, 2.75) is 26.3 Å². The highest BCUT2D eigenvalue weighted by Gasteiger charge is 2.12. The Hall–Kier alpha value is -3.67. The van der Waals surface area contributed by atoms with Crippen LogP contribution in [-0.4, -0.2) is 28.6 Å². The summed E-state index contributed by atoms with van der Waals surface area (Å²) < 4.78 is 21.9. The minimum atomic E-state index is -0.513. The predicted octanol–water partition coefficient (Wildman–Crippen LogP) is 4.93. The third kappa shape index (κ3) is 4.97. The van der Waals surface area contributed by atoms with E-state index in [0.29, 0.717) is 32.5 Å². The van der Waals surface area contributed by atoms with Gasteiger partial charge in [-0.15, -0.1) is 0 Å². The zero-order chi connectivity index (χ0) is 22.3. The van der Waals surface area contributed by atoms with E-state index in [1.165, 1.54) is 12.1 Å². The number of ether oxygens (including phenoxy) is 1. The minimum absolute atomic E-state index is 0.0630. The number of hydrogen-bond acceptors (Lipinski definition) is 3. The van der Waals surface area contributed by atoms with Gasteiger partial charge >= 0.3 is 0 Å². The van der Waals surface area contributed by atoms with Crippen molar-refractivity contribution in [2.75, 3.05) is 13.2 Å². The Kier molecular flexibility index (Phi) is 6.80. The average Bonchev–Trinajstić information content (AvgIpc) is 3.15. The number of amides is 1. The molecule has 1 heterocycles. The summed E-state index contributed by atoms with van der Waals surface area (Å²) in [6.07, 6.45) is 1.39. The van der Waals surface area contributed by atoms with E-state index in [1.54, 1.807) is 12.1 Å². The Labute approximate surface area is 186 Å². The van der Waals surface area contributed by atoms with Gasteiger partial charge in [-0.1, -0.05) is 42.5 Å². The number of benzene rings is 3. The first-order valence-electron chi connectivity index (χ1n) is 10.8. The zero-order valence-corrected chi connectivity index (χ0v) is 18.1. The van der Waals surface area contributed by atoms with Crippen LogP contribution in [0.2, 0.25) is 0 Å². The minimum Gasteiger partial charge on any atom is -0.491 e. The van der Waals surface area contributed by atoms with Gasteiger partial charge in [0.05, 0.1) is 23.1 Å². The largest absolute Gasteiger partial charge is 0.491 e. The van der Waals surface area contributed by atoms with Crippen LogP contribution in [0.15, 0.2) is 72.8 Å². The first-order chi connectivity index (χ1) is 15.6. The number of halogens is 1. The second kappa shape index (κ2) is 10.1. The van der Waals surface area contributed by atoms with E-state index in [9.17, 15) is 9.18 Å². The van der Waals surface area contributed by atoms with E-state index in [4.69, 9.17) is 9.72 Å². The molecule has 0 aliphatic heterocycles. The molecule has 0 fully saturated rings. The molecular weight excluding hydrogens is 405 g/mol. The van der Waals surface area contributed by atoms with Crippen molar-refractivity contribution in [3.8, 4) is 5.75 Å². The lowest BCUT2D eigenvalue weighted by molar-refractivity contribution is 0.0949. The molecule has 0 bridgehead atoms. The van der Waals surface area contributed by atoms with E-state index in [0.717, 1.165) is 28.2 Å². The number of aryl methyl sites for hydroxylation is 2. The van der Waals surface area contributed by atoms with E-state index in [1.807, 2.05) is 49.4 Å². The lowest BCUT2D eigenvalue weighted by Crippen LogP contribution is -2.26. The number of rotatable bonds is 9. The molecule has 0 spiro atoms. The van der Waals surface area contributed by atoms with E-state index < -0.39 is 11.7 Å². The summed E-state index contributed by atoms with van der Waals surface area (Å²) in [4.78, 5) is 17.0. The van der Waals surface area contributed by atoms with Crippen LogP contribution in [0.1, 0.15) is 28.2 Å². The van der Waals surface area contributed by atoms with Crippen LogP contribution in [0.5, 0.6) is 5.75 Å². The Morgan fingerprint density at radius 2 is 1.78 bits per heavy atom. The molecule has 0 saturated heterocycles. The Balaban J connectivity index is 1.38. The summed E-state index contributed by atoms with van der Waals surface area (Å²) in [7, 11) is 0. The van der Waals surface area contributed by atoms with Crippen molar-refractivity contribution in [1.82, 2.24) is 14.9 Å². The second-order valence-electron chi connectivity index (χ2n) is 7.62. The SMILES string of the molecule is Cc1ccccc1OCCn1c(CCCNC(=O)c2ccccc2F)nc2ccccc21. The first-order valence-corrected chi connectivity index (χ1v) is 10.8. The molecule has 0 aliphatic rings. The number of hydrogen-bond donors (Lipinski definition) is 1. The molecule has 1 N–H and O–H groups in total. The van der Waals surface area contributed by atoms with Gasteiger partial charge in [0.2, 0.25) is 0 Å². The molecule has 0 aliphatic carbocycles. The first kappa shape index (κ1) is 21.6. The molecule has 4 rings (SSSR count). The predicted molar refractivity (Wildman–Crippen MR) is 123 cm³/mol. The number of fused-ring (bicyclic) bond motifs is 1. The van der Waals surface area contributed by atoms with Crippen LogP contribution in [0.25, 0.3) is 11.0 Å². The molecule has 0 radical (unpaired) electrons. The van der Waals surface area contributed by atoms with Gasteiger partial charge in [0, 0.05) is 13.0 Å². The van der Waals surface area contributed by atoms with Gasteiger partial charge in [-0.2, -0.15) is 0 Å². The number of para-hydroxylation sites is 3. The molecule has 0 saturated carbocycles. The van der Waals surface area contributed by atoms with Crippen LogP contribution >= 0.6 is 0 Å². The Morgan fingerprint density at radius 3 is 2.62 bits per heavy atom. The third-order valence-corrected chi connectivity index (χ3v) is 5.38. The molecule has 4 aromatic rings. The summed E-state index contributed by atoms with van der Waals surface area (Å²) in [6, 6.07) is 22.0. The van der Waals surface area contributed by atoms with Crippen LogP contribution in [0, 0.1) is 12.7 Å². The zero-order valence-electron chi connectivity index (χ0n) is 18.1. The smallest absolute Gasteiger partial charge is 0.254 e. The molecule has 0 unspecified atom stereocenters. The molecule has 0 atom stereocenters. The van der Waals surface area contributed by atoms with E-state index in [-0.39, 0.29) is 5.56 Å². The topological polar surface area (TPSA) is 56.1 Å².